The Hall–Kier alpha value is -2.30. The molecule has 1 aromatic carbocycles. The molecule has 1 amide bonds. The van der Waals surface area contributed by atoms with Crippen LogP contribution in [-0.4, -0.2) is 22.2 Å². The molecule has 104 valence electrons. The summed E-state index contributed by atoms with van der Waals surface area (Å²) < 4.78 is 1.50. The molecule has 20 heavy (non-hydrogen) atoms. The fourth-order valence-electron chi connectivity index (χ4n) is 2.79. The van der Waals surface area contributed by atoms with Crippen molar-refractivity contribution in [3.05, 3.63) is 47.2 Å². The molecule has 0 bridgehead atoms. The Morgan fingerprint density at radius 2 is 2.30 bits per heavy atom. The van der Waals surface area contributed by atoms with Crippen LogP contribution in [0, 0.1) is 0 Å². The number of amides is 1. The van der Waals surface area contributed by atoms with Gasteiger partial charge in [0.25, 0.3) is 5.91 Å². The summed E-state index contributed by atoms with van der Waals surface area (Å²) >= 11 is 0. The molecule has 0 fully saturated rings. The van der Waals surface area contributed by atoms with Gasteiger partial charge in [-0.3, -0.25) is 9.48 Å². The molecule has 0 spiro atoms. The van der Waals surface area contributed by atoms with Crippen LogP contribution in [0.4, 0.5) is 5.82 Å². The quantitative estimate of drug-likeness (QED) is 0.887. The van der Waals surface area contributed by atoms with Crippen molar-refractivity contribution < 1.29 is 4.79 Å². The second kappa shape index (κ2) is 5.00. The molecule has 1 aliphatic rings. The summed E-state index contributed by atoms with van der Waals surface area (Å²) in [5.41, 5.74) is 9.00. The van der Waals surface area contributed by atoms with Gasteiger partial charge in [-0.2, -0.15) is 5.10 Å². The Morgan fingerprint density at radius 1 is 1.50 bits per heavy atom. The van der Waals surface area contributed by atoms with Crippen molar-refractivity contribution in [3.8, 4) is 0 Å². The lowest BCUT2D eigenvalue weighted by Gasteiger charge is -2.12. The van der Waals surface area contributed by atoms with Crippen LogP contribution in [0.5, 0.6) is 0 Å². The van der Waals surface area contributed by atoms with Gasteiger partial charge in [0.1, 0.15) is 11.4 Å². The Kier molecular flexibility index (Phi) is 3.18. The summed E-state index contributed by atoms with van der Waals surface area (Å²) in [4.78, 5) is 12.1. The number of nitrogens with one attached hydrogen (secondary N) is 1. The van der Waals surface area contributed by atoms with E-state index in [2.05, 4.69) is 34.7 Å². The Morgan fingerprint density at radius 3 is 3.05 bits per heavy atom. The highest BCUT2D eigenvalue weighted by Crippen LogP contribution is 2.32. The minimum absolute atomic E-state index is 0.153. The van der Waals surface area contributed by atoms with Gasteiger partial charge in [0.15, 0.2) is 0 Å². The van der Waals surface area contributed by atoms with Crippen LogP contribution in [0.25, 0.3) is 0 Å². The van der Waals surface area contributed by atoms with Crippen molar-refractivity contribution in [2.45, 2.75) is 18.8 Å². The highest BCUT2D eigenvalue weighted by molar-refractivity contribution is 5.98. The zero-order valence-electron chi connectivity index (χ0n) is 11.5. The minimum atomic E-state index is -0.153. The van der Waals surface area contributed by atoms with E-state index in [1.54, 1.807) is 7.05 Å². The number of carbonyl (C=O) groups is 1. The average Bonchev–Trinajstić information content (AvgIpc) is 3.01. The number of anilines is 1. The lowest BCUT2D eigenvalue weighted by Crippen LogP contribution is -2.28. The third-order valence-corrected chi connectivity index (χ3v) is 4.00. The fourth-order valence-corrected chi connectivity index (χ4v) is 2.79. The van der Waals surface area contributed by atoms with Crippen LogP contribution in [-0.2, 0) is 13.5 Å². The summed E-state index contributed by atoms with van der Waals surface area (Å²) in [6.45, 7) is 0.643. The number of rotatable bonds is 3. The van der Waals surface area contributed by atoms with E-state index in [1.165, 1.54) is 22.0 Å². The number of aryl methyl sites for hydroxylation is 2. The van der Waals surface area contributed by atoms with Crippen molar-refractivity contribution in [3.63, 3.8) is 0 Å². The van der Waals surface area contributed by atoms with Crippen LogP contribution in [0.2, 0.25) is 0 Å². The molecule has 0 saturated heterocycles. The first-order valence-corrected chi connectivity index (χ1v) is 6.80. The van der Waals surface area contributed by atoms with Crippen molar-refractivity contribution in [1.29, 1.82) is 0 Å². The number of hydrogen-bond donors (Lipinski definition) is 2. The van der Waals surface area contributed by atoms with E-state index in [0.29, 0.717) is 23.8 Å². The number of hydrogen-bond acceptors (Lipinski definition) is 3. The zero-order valence-corrected chi connectivity index (χ0v) is 11.5. The summed E-state index contributed by atoms with van der Waals surface area (Å²) in [7, 11) is 1.72. The van der Waals surface area contributed by atoms with E-state index < -0.39 is 0 Å². The highest BCUT2D eigenvalue weighted by atomic mass is 16.1. The van der Waals surface area contributed by atoms with Gasteiger partial charge in [-0.25, -0.2) is 0 Å². The molecule has 5 nitrogen and oxygen atoms in total. The van der Waals surface area contributed by atoms with E-state index in [-0.39, 0.29) is 5.91 Å². The average molecular weight is 270 g/mol. The molecular formula is C15H18N4O. The Labute approximate surface area is 117 Å². The number of nitrogens with two attached hydrogens (primary N) is 1. The monoisotopic (exact) mass is 270 g/mol. The standard InChI is InChI=1S/C15H18N4O/c1-19-14(16)13(9-18-19)15(20)17-8-11-7-6-10-4-2-3-5-12(10)11/h2-5,9,11H,6-8,16H2,1H3,(H,17,20). The molecule has 0 saturated carbocycles. The molecule has 2 aromatic rings. The first-order valence-electron chi connectivity index (χ1n) is 6.80. The predicted molar refractivity (Wildman–Crippen MR) is 77.5 cm³/mol. The smallest absolute Gasteiger partial charge is 0.256 e. The molecule has 1 heterocycles. The maximum atomic E-state index is 12.1. The van der Waals surface area contributed by atoms with Crippen LogP contribution in [0.3, 0.4) is 0 Å². The molecule has 1 atom stereocenters. The number of fused-ring (bicyclic) bond motifs is 1. The van der Waals surface area contributed by atoms with Crippen molar-refractivity contribution in [2.75, 3.05) is 12.3 Å². The van der Waals surface area contributed by atoms with Crippen molar-refractivity contribution in [2.24, 2.45) is 7.05 Å². The van der Waals surface area contributed by atoms with E-state index >= 15 is 0 Å². The second-order valence-electron chi connectivity index (χ2n) is 5.21. The summed E-state index contributed by atoms with van der Waals surface area (Å²) in [6, 6.07) is 8.43. The molecule has 3 rings (SSSR count). The molecule has 1 aliphatic carbocycles. The zero-order chi connectivity index (χ0) is 14.1. The fraction of sp³-hybridized carbons (Fsp3) is 0.333. The van der Waals surface area contributed by atoms with E-state index in [0.717, 1.165) is 12.8 Å². The van der Waals surface area contributed by atoms with Crippen molar-refractivity contribution >= 4 is 11.7 Å². The number of aromatic nitrogens is 2. The molecule has 5 heteroatoms. The number of benzene rings is 1. The van der Waals surface area contributed by atoms with Gasteiger partial charge in [-0.1, -0.05) is 24.3 Å². The van der Waals surface area contributed by atoms with Gasteiger partial charge in [0.05, 0.1) is 6.20 Å². The summed E-state index contributed by atoms with van der Waals surface area (Å²) in [5.74, 6) is 0.641. The number of nitrogens with zero attached hydrogens (tertiary/aromatic N) is 2. The van der Waals surface area contributed by atoms with Gasteiger partial charge < -0.3 is 11.1 Å². The third-order valence-electron chi connectivity index (χ3n) is 4.00. The largest absolute Gasteiger partial charge is 0.383 e. The minimum Gasteiger partial charge on any atom is -0.383 e. The topological polar surface area (TPSA) is 72.9 Å². The second-order valence-corrected chi connectivity index (χ2v) is 5.21. The Bertz CT molecular complexity index is 647. The lowest BCUT2D eigenvalue weighted by atomic mass is 10.0. The lowest BCUT2D eigenvalue weighted by molar-refractivity contribution is 0.0952. The first-order chi connectivity index (χ1) is 9.66. The van der Waals surface area contributed by atoms with Gasteiger partial charge in [-0.05, 0) is 24.0 Å². The van der Waals surface area contributed by atoms with Gasteiger partial charge >= 0.3 is 0 Å². The third kappa shape index (κ3) is 2.15. The normalized spacial score (nSPS) is 16.9. The van der Waals surface area contributed by atoms with Crippen LogP contribution in [0.15, 0.2) is 30.5 Å². The molecule has 0 aliphatic heterocycles. The van der Waals surface area contributed by atoms with E-state index in [1.807, 2.05) is 0 Å². The Balaban J connectivity index is 1.66. The molecule has 1 unspecified atom stereocenters. The highest BCUT2D eigenvalue weighted by Gasteiger charge is 2.23. The maximum Gasteiger partial charge on any atom is 0.256 e. The van der Waals surface area contributed by atoms with Crippen molar-refractivity contribution in [1.82, 2.24) is 15.1 Å². The molecular weight excluding hydrogens is 252 g/mol. The predicted octanol–water partition coefficient (Wildman–Crippen LogP) is 1.46. The number of nitrogen functional groups attached to an aromatic ring is 1. The van der Waals surface area contributed by atoms with Crippen LogP contribution in [0.1, 0.15) is 33.8 Å². The summed E-state index contributed by atoms with van der Waals surface area (Å²) in [5, 5.41) is 6.95. The van der Waals surface area contributed by atoms with E-state index in [4.69, 9.17) is 5.73 Å². The van der Waals surface area contributed by atoms with Gasteiger partial charge in [0.2, 0.25) is 0 Å². The summed E-state index contributed by atoms with van der Waals surface area (Å²) in [6.07, 6.45) is 3.68. The molecule has 0 radical (unpaired) electrons. The van der Waals surface area contributed by atoms with Gasteiger partial charge in [0, 0.05) is 19.5 Å². The van der Waals surface area contributed by atoms with E-state index in [9.17, 15) is 4.79 Å². The molecule has 1 aromatic heterocycles. The van der Waals surface area contributed by atoms with Crippen LogP contribution < -0.4 is 11.1 Å². The first kappa shape index (κ1) is 12.7. The molecule has 3 N–H and O–H groups in total. The number of carbonyl (C=O) groups excluding carboxylic acids is 1. The van der Waals surface area contributed by atoms with Crippen LogP contribution >= 0.6 is 0 Å². The maximum absolute atomic E-state index is 12.1. The SMILES string of the molecule is Cn1ncc(C(=O)NCC2CCc3ccccc32)c1N. The van der Waals surface area contributed by atoms with Gasteiger partial charge in [-0.15, -0.1) is 0 Å².